The summed E-state index contributed by atoms with van der Waals surface area (Å²) in [6, 6.07) is 16.5. The lowest BCUT2D eigenvalue weighted by atomic mass is 9.78. The van der Waals surface area contributed by atoms with Gasteiger partial charge in [-0.2, -0.15) is 0 Å². The molecule has 1 aliphatic heterocycles. The second-order valence-corrected chi connectivity index (χ2v) is 9.08. The highest BCUT2D eigenvalue weighted by Crippen LogP contribution is 2.34. The van der Waals surface area contributed by atoms with Crippen molar-refractivity contribution >= 4 is 23.0 Å². The van der Waals surface area contributed by atoms with Crippen LogP contribution in [-0.4, -0.2) is 49.0 Å². The third-order valence-corrected chi connectivity index (χ3v) is 6.40. The molecule has 0 atom stereocenters. The summed E-state index contributed by atoms with van der Waals surface area (Å²) in [5.41, 5.74) is 9.42. The van der Waals surface area contributed by atoms with E-state index in [2.05, 4.69) is 39.3 Å². The van der Waals surface area contributed by atoms with Gasteiger partial charge in [-0.05, 0) is 60.6 Å². The lowest BCUT2D eigenvalue weighted by molar-refractivity contribution is 0.0996. The molecule has 1 fully saturated rings. The van der Waals surface area contributed by atoms with Crippen LogP contribution in [-0.2, 0) is 5.41 Å². The number of carbonyl (C=O) groups excluding carboxylic acids is 1. The summed E-state index contributed by atoms with van der Waals surface area (Å²) in [4.78, 5) is 21.1. The van der Waals surface area contributed by atoms with E-state index in [0.717, 1.165) is 43.0 Å². The van der Waals surface area contributed by atoms with Crippen molar-refractivity contribution in [1.29, 1.82) is 0 Å². The molecule has 1 aliphatic rings. The number of amides is 1. The second-order valence-electron chi connectivity index (χ2n) is 9.08. The van der Waals surface area contributed by atoms with Crippen molar-refractivity contribution in [2.75, 3.05) is 43.4 Å². The van der Waals surface area contributed by atoms with E-state index in [4.69, 9.17) is 5.73 Å². The zero-order valence-electron chi connectivity index (χ0n) is 19.3. The predicted molar refractivity (Wildman–Crippen MR) is 131 cm³/mol. The maximum absolute atomic E-state index is 13.8. The number of hydrogen-bond donors (Lipinski definition) is 2. The average Bonchev–Trinajstić information content (AvgIpc) is 2.80. The summed E-state index contributed by atoms with van der Waals surface area (Å²) >= 11 is 0. The van der Waals surface area contributed by atoms with Crippen molar-refractivity contribution < 1.29 is 9.18 Å². The van der Waals surface area contributed by atoms with E-state index in [1.807, 2.05) is 38.1 Å². The van der Waals surface area contributed by atoms with Gasteiger partial charge >= 0.3 is 0 Å². The molecule has 0 radical (unpaired) electrons. The van der Waals surface area contributed by atoms with Gasteiger partial charge in [0.1, 0.15) is 5.82 Å². The predicted octanol–water partition coefficient (Wildman–Crippen LogP) is 4.14. The fraction of sp³-hybridized carbons (Fsp3) is 0.308. The number of rotatable bonds is 6. The number of anilines is 3. The first-order chi connectivity index (χ1) is 15.7. The summed E-state index contributed by atoms with van der Waals surface area (Å²) in [7, 11) is 2.14. The fourth-order valence-corrected chi connectivity index (χ4v) is 4.12. The van der Waals surface area contributed by atoms with Gasteiger partial charge in [0.05, 0.1) is 5.69 Å². The van der Waals surface area contributed by atoms with E-state index < -0.39 is 11.3 Å². The van der Waals surface area contributed by atoms with Crippen molar-refractivity contribution in [2.45, 2.75) is 19.3 Å². The summed E-state index contributed by atoms with van der Waals surface area (Å²) in [6.07, 6.45) is 1.63. The van der Waals surface area contributed by atoms with Gasteiger partial charge in [0.2, 0.25) is 0 Å². The molecule has 1 aromatic heterocycles. The first-order valence-corrected chi connectivity index (χ1v) is 11.1. The van der Waals surface area contributed by atoms with Gasteiger partial charge < -0.3 is 20.9 Å². The Morgan fingerprint density at radius 3 is 2.36 bits per heavy atom. The third-order valence-electron chi connectivity index (χ3n) is 6.40. The Morgan fingerprint density at radius 1 is 1.03 bits per heavy atom. The molecule has 0 bridgehead atoms. The zero-order valence-corrected chi connectivity index (χ0v) is 19.3. The molecule has 0 unspecified atom stereocenters. The van der Waals surface area contributed by atoms with Crippen LogP contribution in [0.25, 0.3) is 0 Å². The SMILES string of the molecule is CN1CCN(c2ccc(Nc3cc(C(C)(C)c4cccc(F)c4)cnc3C(N)=O)cc2)CC1. The van der Waals surface area contributed by atoms with Crippen molar-refractivity contribution in [1.82, 2.24) is 9.88 Å². The molecular formula is C26H30FN5O. The Morgan fingerprint density at radius 2 is 1.73 bits per heavy atom. The maximum atomic E-state index is 13.8. The molecule has 4 rings (SSSR count). The van der Waals surface area contributed by atoms with Crippen LogP contribution in [0.3, 0.4) is 0 Å². The van der Waals surface area contributed by atoms with Crippen LogP contribution in [0.4, 0.5) is 21.5 Å². The molecule has 2 aromatic carbocycles. The van der Waals surface area contributed by atoms with Gasteiger partial charge in [-0.25, -0.2) is 9.37 Å². The van der Waals surface area contributed by atoms with Crippen LogP contribution in [0, 0.1) is 5.82 Å². The molecule has 0 saturated carbocycles. The standard InChI is InChI=1S/C26H30FN5O/c1-26(2,18-5-4-6-20(27)15-18)19-16-23(24(25(28)33)29-17-19)30-21-7-9-22(10-8-21)32-13-11-31(3)12-14-32/h4-10,15-17,30H,11-14H2,1-3H3,(H2,28,33). The van der Waals surface area contributed by atoms with Crippen LogP contribution in [0.5, 0.6) is 0 Å². The van der Waals surface area contributed by atoms with Gasteiger partial charge in [-0.15, -0.1) is 0 Å². The summed E-state index contributed by atoms with van der Waals surface area (Å²) in [6.45, 7) is 8.07. The molecule has 3 N–H and O–H groups in total. The molecule has 1 amide bonds. The number of aromatic nitrogens is 1. The first kappa shape index (κ1) is 22.7. The molecule has 6 nitrogen and oxygen atoms in total. The highest BCUT2D eigenvalue weighted by atomic mass is 19.1. The fourth-order valence-electron chi connectivity index (χ4n) is 4.12. The minimum absolute atomic E-state index is 0.164. The summed E-state index contributed by atoms with van der Waals surface area (Å²) in [5.74, 6) is -0.900. The van der Waals surface area contributed by atoms with Gasteiger partial charge in [-0.3, -0.25) is 4.79 Å². The van der Waals surface area contributed by atoms with Crippen molar-refractivity contribution in [3.63, 3.8) is 0 Å². The Bertz CT molecular complexity index is 1140. The number of pyridine rings is 1. The monoisotopic (exact) mass is 447 g/mol. The molecule has 2 heterocycles. The van der Waals surface area contributed by atoms with Crippen LogP contribution in [0.1, 0.15) is 35.5 Å². The Balaban J connectivity index is 1.61. The average molecular weight is 448 g/mol. The van der Waals surface area contributed by atoms with Gasteiger partial charge in [0.15, 0.2) is 5.69 Å². The molecule has 1 saturated heterocycles. The largest absolute Gasteiger partial charge is 0.369 e. The molecule has 172 valence electrons. The molecule has 0 spiro atoms. The maximum Gasteiger partial charge on any atom is 0.269 e. The summed E-state index contributed by atoms with van der Waals surface area (Å²) in [5, 5.41) is 3.30. The Labute approximate surface area is 194 Å². The first-order valence-electron chi connectivity index (χ1n) is 11.1. The lowest BCUT2D eigenvalue weighted by Gasteiger charge is -2.34. The quantitative estimate of drug-likeness (QED) is 0.594. The van der Waals surface area contributed by atoms with E-state index in [9.17, 15) is 9.18 Å². The Hall–Kier alpha value is -3.45. The molecule has 3 aromatic rings. The van der Waals surface area contributed by atoms with E-state index in [1.54, 1.807) is 12.3 Å². The number of likely N-dealkylation sites (N-methyl/N-ethyl adjacent to an activating group) is 1. The number of benzene rings is 2. The highest BCUT2D eigenvalue weighted by molar-refractivity contribution is 5.97. The van der Waals surface area contributed by atoms with Crippen molar-refractivity contribution in [2.24, 2.45) is 5.73 Å². The highest BCUT2D eigenvalue weighted by Gasteiger charge is 2.26. The zero-order chi connectivity index (χ0) is 23.6. The molecule has 33 heavy (non-hydrogen) atoms. The smallest absolute Gasteiger partial charge is 0.269 e. The second kappa shape index (κ2) is 9.19. The third kappa shape index (κ3) is 4.98. The van der Waals surface area contributed by atoms with E-state index in [0.29, 0.717) is 5.69 Å². The van der Waals surface area contributed by atoms with E-state index in [1.165, 1.54) is 17.8 Å². The Kier molecular flexibility index (Phi) is 6.33. The number of nitrogens with one attached hydrogen (secondary N) is 1. The number of nitrogens with two attached hydrogens (primary N) is 1. The van der Waals surface area contributed by atoms with Gasteiger partial charge in [0.25, 0.3) is 5.91 Å². The van der Waals surface area contributed by atoms with Crippen LogP contribution in [0.15, 0.2) is 60.8 Å². The van der Waals surface area contributed by atoms with Crippen LogP contribution >= 0.6 is 0 Å². The van der Waals surface area contributed by atoms with Gasteiger partial charge in [0, 0.05) is 49.2 Å². The summed E-state index contributed by atoms with van der Waals surface area (Å²) < 4.78 is 13.8. The number of halogens is 1. The normalized spacial score (nSPS) is 14.8. The van der Waals surface area contributed by atoms with Crippen molar-refractivity contribution in [3.05, 3.63) is 83.4 Å². The van der Waals surface area contributed by atoms with Crippen LogP contribution in [0.2, 0.25) is 0 Å². The molecule has 0 aliphatic carbocycles. The molecular weight excluding hydrogens is 417 g/mol. The van der Waals surface area contributed by atoms with E-state index >= 15 is 0 Å². The number of piperazine rings is 1. The lowest BCUT2D eigenvalue weighted by Crippen LogP contribution is -2.44. The minimum atomic E-state index is -0.610. The molecule has 7 heteroatoms. The number of nitrogens with zero attached hydrogens (tertiary/aromatic N) is 3. The van der Waals surface area contributed by atoms with E-state index in [-0.39, 0.29) is 11.5 Å². The number of carbonyl (C=O) groups is 1. The minimum Gasteiger partial charge on any atom is -0.369 e. The van der Waals surface area contributed by atoms with Gasteiger partial charge in [-0.1, -0.05) is 26.0 Å². The van der Waals surface area contributed by atoms with Crippen LogP contribution < -0.4 is 16.0 Å². The number of primary amides is 1. The number of hydrogen-bond acceptors (Lipinski definition) is 5. The topological polar surface area (TPSA) is 74.5 Å². The van der Waals surface area contributed by atoms with Crippen molar-refractivity contribution in [3.8, 4) is 0 Å².